The Kier molecular flexibility index (Phi) is 5.36. The maximum Gasteiger partial charge on any atom is 0.331 e. The van der Waals surface area contributed by atoms with Crippen LogP contribution in [-0.2, 0) is 9.59 Å². The number of aliphatic carboxylic acids is 1. The molecule has 2 N–H and O–H groups in total. The first-order chi connectivity index (χ1) is 8.95. The first-order valence-electron chi connectivity index (χ1n) is 6.10. The Labute approximate surface area is 112 Å². The van der Waals surface area contributed by atoms with Gasteiger partial charge in [-0.1, -0.05) is 32.0 Å². The van der Waals surface area contributed by atoms with Crippen LogP contribution in [0.2, 0.25) is 0 Å². The number of hydrogen-bond acceptors (Lipinski definition) is 3. The highest BCUT2D eigenvalue weighted by Crippen LogP contribution is 2.25. The van der Waals surface area contributed by atoms with Crippen molar-refractivity contribution in [2.75, 3.05) is 7.11 Å². The minimum atomic E-state index is -1.11. The van der Waals surface area contributed by atoms with E-state index < -0.39 is 12.0 Å². The lowest BCUT2D eigenvalue weighted by molar-refractivity contribution is -0.142. The molecule has 0 radical (unpaired) electrons. The first-order valence-corrected chi connectivity index (χ1v) is 6.10. The summed E-state index contributed by atoms with van der Waals surface area (Å²) < 4.78 is 5.12. The molecule has 0 heterocycles. The number of carbonyl (C=O) groups excluding carboxylic acids is 1. The Morgan fingerprint density at radius 3 is 2.47 bits per heavy atom. The molecule has 5 nitrogen and oxygen atoms in total. The smallest absolute Gasteiger partial charge is 0.331 e. The van der Waals surface area contributed by atoms with Gasteiger partial charge >= 0.3 is 5.97 Å². The lowest BCUT2D eigenvalue weighted by Crippen LogP contribution is -2.34. The van der Waals surface area contributed by atoms with Crippen LogP contribution in [0.3, 0.4) is 0 Å². The summed E-state index contributed by atoms with van der Waals surface area (Å²) in [7, 11) is 1.47. The van der Waals surface area contributed by atoms with Crippen molar-refractivity contribution in [2.24, 2.45) is 5.92 Å². The predicted molar refractivity (Wildman–Crippen MR) is 71.0 cm³/mol. The van der Waals surface area contributed by atoms with Gasteiger partial charge in [0, 0.05) is 12.0 Å². The molecular formula is C14H19NO4. The molecule has 0 bridgehead atoms. The Hall–Kier alpha value is -2.04. The van der Waals surface area contributed by atoms with Crippen LogP contribution in [0.15, 0.2) is 24.3 Å². The number of carbonyl (C=O) groups is 2. The van der Waals surface area contributed by atoms with Crippen LogP contribution in [0, 0.1) is 5.92 Å². The lowest BCUT2D eigenvalue weighted by atomic mass is 10.0. The zero-order chi connectivity index (χ0) is 14.4. The Balaban J connectivity index is 2.95. The number of benzene rings is 1. The van der Waals surface area contributed by atoms with Gasteiger partial charge in [-0.05, 0) is 12.0 Å². The standard InChI is InChI=1S/C14H19NO4/c1-9(2)8-12(16)15-13(14(17)18)10-6-4-5-7-11(10)19-3/h4-7,9,13H,8H2,1-3H3,(H,15,16)(H,17,18). The van der Waals surface area contributed by atoms with Crippen LogP contribution < -0.4 is 10.1 Å². The second-order valence-electron chi connectivity index (χ2n) is 4.68. The van der Waals surface area contributed by atoms with E-state index in [1.807, 2.05) is 13.8 Å². The van der Waals surface area contributed by atoms with E-state index in [0.29, 0.717) is 17.7 Å². The monoisotopic (exact) mass is 265 g/mol. The maximum atomic E-state index is 11.7. The summed E-state index contributed by atoms with van der Waals surface area (Å²) in [6, 6.07) is 5.66. The number of amides is 1. The maximum absolute atomic E-state index is 11.7. The van der Waals surface area contributed by atoms with E-state index in [-0.39, 0.29) is 11.8 Å². The van der Waals surface area contributed by atoms with E-state index in [9.17, 15) is 14.7 Å². The third-order valence-corrected chi connectivity index (χ3v) is 2.60. The lowest BCUT2D eigenvalue weighted by Gasteiger charge is -2.18. The number of carboxylic acid groups (broad SMARTS) is 1. The zero-order valence-electron chi connectivity index (χ0n) is 11.3. The average Bonchev–Trinajstić information content (AvgIpc) is 2.34. The summed E-state index contributed by atoms with van der Waals surface area (Å²) >= 11 is 0. The van der Waals surface area contributed by atoms with Crippen LogP contribution in [-0.4, -0.2) is 24.1 Å². The second-order valence-corrected chi connectivity index (χ2v) is 4.68. The predicted octanol–water partition coefficient (Wildman–Crippen LogP) is 1.98. The van der Waals surface area contributed by atoms with Crippen molar-refractivity contribution in [1.29, 1.82) is 0 Å². The first kappa shape index (κ1) is 15.0. The highest BCUT2D eigenvalue weighted by Gasteiger charge is 2.25. The van der Waals surface area contributed by atoms with Gasteiger partial charge in [-0.3, -0.25) is 4.79 Å². The third kappa shape index (κ3) is 4.28. The molecule has 1 unspecified atom stereocenters. The molecule has 0 saturated heterocycles. The highest BCUT2D eigenvalue weighted by atomic mass is 16.5. The molecule has 0 saturated carbocycles. The van der Waals surface area contributed by atoms with Gasteiger partial charge in [0.2, 0.25) is 5.91 Å². The van der Waals surface area contributed by atoms with Crippen molar-refractivity contribution in [3.8, 4) is 5.75 Å². The van der Waals surface area contributed by atoms with Gasteiger partial charge in [0.15, 0.2) is 6.04 Å². The summed E-state index contributed by atoms with van der Waals surface area (Å²) in [5.74, 6) is -0.776. The van der Waals surface area contributed by atoms with Crippen LogP contribution in [0.5, 0.6) is 5.75 Å². The third-order valence-electron chi connectivity index (χ3n) is 2.60. The Bertz CT molecular complexity index is 457. The van der Waals surface area contributed by atoms with Crippen molar-refractivity contribution < 1.29 is 19.4 Å². The molecule has 0 spiro atoms. The average molecular weight is 265 g/mol. The van der Waals surface area contributed by atoms with E-state index in [1.54, 1.807) is 24.3 Å². The van der Waals surface area contributed by atoms with Crippen molar-refractivity contribution in [1.82, 2.24) is 5.32 Å². The largest absolute Gasteiger partial charge is 0.496 e. The minimum Gasteiger partial charge on any atom is -0.496 e. The molecule has 5 heteroatoms. The zero-order valence-corrected chi connectivity index (χ0v) is 11.3. The summed E-state index contributed by atoms with van der Waals surface area (Å²) in [6.07, 6.45) is 0.291. The number of rotatable bonds is 6. The van der Waals surface area contributed by atoms with E-state index in [2.05, 4.69) is 5.32 Å². The van der Waals surface area contributed by atoms with Crippen LogP contribution in [0.25, 0.3) is 0 Å². The van der Waals surface area contributed by atoms with E-state index in [0.717, 1.165) is 0 Å². The molecule has 1 atom stereocenters. The van der Waals surface area contributed by atoms with Crippen LogP contribution in [0.1, 0.15) is 31.9 Å². The summed E-state index contributed by atoms with van der Waals surface area (Å²) in [5.41, 5.74) is 0.439. The molecular weight excluding hydrogens is 246 g/mol. The van der Waals surface area contributed by atoms with Gasteiger partial charge in [-0.15, -0.1) is 0 Å². The van der Waals surface area contributed by atoms with Gasteiger partial charge in [-0.25, -0.2) is 4.79 Å². The second kappa shape index (κ2) is 6.78. The number of nitrogens with one attached hydrogen (secondary N) is 1. The molecule has 19 heavy (non-hydrogen) atoms. The van der Waals surface area contributed by atoms with Gasteiger partial charge in [0.1, 0.15) is 5.75 Å². The van der Waals surface area contributed by atoms with Crippen molar-refractivity contribution in [3.63, 3.8) is 0 Å². The minimum absolute atomic E-state index is 0.173. The SMILES string of the molecule is COc1ccccc1C(NC(=O)CC(C)C)C(=O)O. The summed E-state index contributed by atoms with van der Waals surface area (Å²) in [4.78, 5) is 23.0. The number of para-hydroxylation sites is 1. The molecule has 0 aliphatic carbocycles. The van der Waals surface area contributed by atoms with Gasteiger partial charge in [0.05, 0.1) is 7.11 Å². The molecule has 0 aliphatic rings. The molecule has 0 aromatic heterocycles. The topological polar surface area (TPSA) is 75.6 Å². The molecule has 0 aliphatic heterocycles. The summed E-state index contributed by atoms with van der Waals surface area (Å²) in [5, 5.41) is 11.8. The van der Waals surface area contributed by atoms with Crippen LogP contribution in [0.4, 0.5) is 0 Å². The summed E-state index contributed by atoms with van der Waals surface area (Å²) in [6.45, 7) is 3.80. The normalized spacial score (nSPS) is 12.0. The molecule has 1 aromatic rings. The Morgan fingerprint density at radius 1 is 1.32 bits per heavy atom. The fraction of sp³-hybridized carbons (Fsp3) is 0.429. The van der Waals surface area contributed by atoms with Gasteiger partial charge in [0.25, 0.3) is 0 Å². The van der Waals surface area contributed by atoms with E-state index in [4.69, 9.17) is 4.74 Å². The van der Waals surface area contributed by atoms with Crippen molar-refractivity contribution in [2.45, 2.75) is 26.3 Å². The number of hydrogen-bond donors (Lipinski definition) is 2. The number of methoxy groups -OCH3 is 1. The fourth-order valence-electron chi connectivity index (χ4n) is 1.77. The molecule has 1 rings (SSSR count). The van der Waals surface area contributed by atoms with Gasteiger partial charge in [-0.2, -0.15) is 0 Å². The Morgan fingerprint density at radius 2 is 1.95 bits per heavy atom. The molecule has 1 amide bonds. The van der Waals surface area contributed by atoms with Gasteiger partial charge < -0.3 is 15.2 Å². The number of carboxylic acids is 1. The van der Waals surface area contributed by atoms with Crippen molar-refractivity contribution >= 4 is 11.9 Å². The molecule has 104 valence electrons. The molecule has 1 aromatic carbocycles. The molecule has 0 fully saturated rings. The number of ether oxygens (including phenoxy) is 1. The fourth-order valence-corrected chi connectivity index (χ4v) is 1.77. The van der Waals surface area contributed by atoms with E-state index in [1.165, 1.54) is 7.11 Å². The highest BCUT2D eigenvalue weighted by molar-refractivity contribution is 5.85. The van der Waals surface area contributed by atoms with Crippen molar-refractivity contribution in [3.05, 3.63) is 29.8 Å². The van der Waals surface area contributed by atoms with Crippen LogP contribution >= 0.6 is 0 Å². The quantitative estimate of drug-likeness (QED) is 0.824. The van der Waals surface area contributed by atoms with E-state index >= 15 is 0 Å².